The van der Waals surface area contributed by atoms with Gasteiger partial charge in [-0.05, 0) is 31.2 Å². The number of nitrogens with zero attached hydrogens (tertiary/aromatic N) is 3. The number of aromatic nitrogens is 3. The predicted octanol–water partition coefficient (Wildman–Crippen LogP) is 2.50. The van der Waals surface area contributed by atoms with Crippen molar-refractivity contribution in [3.63, 3.8) is 0 Å². The fourth-order valence-corrected chi connectivity index (χ4v) is 2.94. The first kappa shape index (κ1) is 16.2. The van der Waals surface area contributed by atoms with Crippen LogP contribution < -0.4 is 5.32 Å². The zero-order chi connectivity index (χ0) is 16.8. The van der Waals surface area contributed by atoms with Crippen molar-refractivity contribution in [1.82, 2.24) is 20.3 Å². The summed E-state index contributed by atoms with van der Waals surface area (Å²) in [6.45, 7) is 0.273. The van der Waals surface area contributed by atoms with Gasteiger partial charge in [0.15, 0.2) is 6.29 Å². The molecule has 7 nitrogen and oxygen atoms in total. The third kappa shape index (κ3) is 4.18. The second-order valence-electron chi connectivity index (χ2n) is 5.95. The maximum Gasteiger partial charge on any atom is 0.407 e. The van der Waals surface area contributed by atoms with Gasteiger partial charge in [0.1, 0.15) is 12.3 Å². The Labute approximate surface area is 140 Å². The van der Waals surface area contributed by atoms with Crippen LogP contribution >= 0.6 is 0 Å². The SMILES string of the molecule is O=Cc1cn(C2CCC(NC(=O)OCc3ccccc3)CC2)nn1. The van der Waals surface area contributed by atoms with Gasteiger partial charge < -0.3 is 10.1 Å². The highest BCUT2D eigenvalue weighted by atomic mass is 16.5. The van der Waals surface area contributed by atoms with Crippen LogP contribution in [0, 0.1) is 0 Å². The van der Waals surface area contributed by atoms with E-state index in [0.717, 1.165) is 31.2 Å². The average Bonchev–Trinajstić information content (AvgIpc) is 3.11. The van der Waals surface area contributed by atoms with E-state index in [9.17, 15) is 9.59 Å². The van der Waals surface area contributed by atoms with Crippen LogP contribution in [0.1, 0.15) is 47.8 Å². The number of amides is 1. The number of hydrogen-bond acceptors (Lipinski definition) is 5. The largest absolute Gasteiger partial charge is 0.445 e. The van der Waals surface area contributed by atoms with E-state index in [2.05, 4.69) is 15.6 Å². The van der Waals surface area contributed by atoms with Crippen LogP contribution in [0.5, 0.6) is 0 Å². The number of hydrogen-bond donors (Lipinski definition) is 1. The molecule has 1 saturated carbocycles. The number of benzene rings is 1. The molecule has 126 valence electrons. The molecule has 0 bridgehead atoms. The zero-order valence-corrected chi connectivity index (χ0v) is 13.3. The average molecular weight is 328 g/mol. The summed E-state index contributed by atoms with van der Waals surface area (Å²) in [4.78, 5) is 22.5. The number of alkyl carbamates (subject to hydrolysis) is 1. The van der Waals surface area contributed by atoms with Crippen molar-refractivity contribution in [2.75, 3.05) is 0 Å². The van der Waals surface area contributed by atoms with Crippen molar-refractivity contribution in [1.29, 1.82) is 0 Å². The van der Waals surface area contributed by atoms with Crippen molar-refractivity contribution < 1.29 is 14.3 Å². The number of rotatable bonds is 5. The molecular weight excluding hydrogens is 308 g/mol. The number of aldehydes is 1. The van der Waals surface area contributed by atoms with E-state index in [1.807, 2.05) is 30.3 Å². The number of carbonyl (C=O) groups excluding carboxylic acids is 2. The van der Waals surface area contributed by atoms with Crippen molar-refractivity contribution >= 4 is 12.4 Å². The lowest BCUT2D eigenvalue weighted by Gasteiger charge is -2.28. The Hall–Kier alpha value is -2.70. The van der Waals surface area contributed by atoms with Crippen LogP contribution in [0.25, 0.3) is 0 Å². The van der Waals surface area contributed by atoms with E-state index in [-0.39, 0.29) is 24.8 Å². The van der Waals surface area contributed by atoms with Gasteiger partial charge in [-0.3, -0.25) is 4.79 Å². The highest BCUT2D eigenvalue weighted by Gasteiger charge is 2.24. The van der Waals surface area contributed by atoms with Crippen LogP contribution in [0.15, 0.2) is 36.5 Å². The lowest BCUT2D eigenvalue weighted by molar-refractivity contribution is 0.111. The first-order valence-corrected chi connectivity index (χ1v) is 8.09. The van der Waals surface area contributed by atoms with Crippen molar-refractivity contribution in [3.05, 3.63) is 47.8 Å². The maximum atomic E-state index is 11.9. The smallest absolute Gasteiger partial charge is 0.407 e. The molecular formula is C17H20N4O3. The molecule has 1 heterocycles. The fourth-order valence-electron chi connectivity index (χ4n) is 2.94. The molecule has 0 radical (unpaired) electrons. The number of nitrogens with one attached hydrogen (secondary N) is 1. The zero-order valence-electron chi connectivity index (χ0n) is 13.3. The third-order valence-electron chi connectivity index (χ3n) is 4.25. The van der Waals surface area contributed by atoms with Crippen LogP contribution in [-0.2, 0) is 11.3 Å². The van der Waals surface area contributed by atoms with Gasteiger partial charge in [-0.1, -0.05) is 35.5 Å². The Morgan fingerprint density at radius 1 is 1.25 bits per heavy atom. The van der Waals surface area contributed by atoms with Gasteiger partial charge in [0, 0.05) is 6.04 Å². The Morgan fingerprint density at radius 3 is 2.67 bits per heavy atom. The van der Waals surface area contributed by atoms with Gasteiger partial charge in [0.25, 0.3) is 0 Å². The lowest BCUT2D eigenvalue weighted by Crippen LogP contribution is -2.38. The molecule has 7 heteroatoms. The molecule has 0 atom stereocenters. The topological polar surface area (TPSA) is 86.1 Å². The molecule has 1 N–H and O–H groups in total. The summed E-state index contributed by atoms with van der Waals surface area (Å²) < 4.78 is 6.99. The lowest BCUT2D eigenvalue weighted by atomic mass is 9.91. The highest BCUT2D eigenvalue weighted by Crippen LogP contribution is 2.27. The van der Waals surface area contributed by atoms with Crippen LogP contribution in [-0.4, -0.2) is 33.4 Å². The molecule has 2 aromatic rings. The summed E-state index contributed by atoms with van der Waals surface area (Å²) in [5.74, 6) is 0. The minimum absolute atomic E-state index is 0.110. The van der Waals surface area contributed by atoms with Crippen molar-refractivity contribution in [2.45, 2.75) is 44.4 Å². The summed E-state index contributed by atoms with van der Waals surface area (Å²) in [7, 11) is 0. The highest BCUT2D eigenvalue weighted by molar-refractivity contribution is 5.70. The monoisotopic (exact) mass is 328 g/mol. The summed E-state index contributed by atoms with van der Waals surface area (Å²) in [6.07, 6.45) is 5.43. The van der Waals surface area contributed by atoms with Crippen LogP contribution in [0.3, 0.4) is 0 Å². The van der Waals surface area contributed by atoms with E-state index in [1.54, 1.807) is 10.9 Å². The second kappa shape index (κ2) is 7.72. The Bertz CT molecular complexity index is 678. The molecule has 0 aliphatic heterocycles. The van der Waals surface area contributed by atoms with Gasteiger partial charge >= 0.3 is 6.09 Å². The van der Waals surface area contributed by atoms with Gasteiger partial charge in [-0.25, -0.2) is 9.48 Å². The summed E-state index contributed by atoms with van der Waals surface area (Å²) in [5, 5.41) is 10.7. The molecule has 1 aliphatic rings. The number of ether oxygens (including phenoxy) is 1. The fraction of sp³-hybridized carbons (Fsp3) is 0.412. The van der Waals surface area contributed by atoms with Gasteiger partial charge in [-0.2, -0.15) is 0 Å². The first-order chi connectivity index (χ1) is 11.7. The Balaban J connectivity index is 1.41. The molecule has 1 amide bonds. The minimum atomic E-state index is -0.383. The molecule has 0 unspecified atom stereocenters. The molecule has 1 fully saturated rings. The normalized spacial score (nSPS) is 20.3. The molecule has 1 aromatic carbocycles. The minimum Gasteiger partial charge on any atom is -0.445 e. The van der Waals surface area contributed by atoms with Crippen molar-refractivity contribution in [3.8, 4) is 0 Å². The van der Waals surface area contributed by atoms with Gasteiger partial charge in [0.05, 0.1) is 12.2 Å². The number of carbonyl (C=O) groups is 2. The van der Waals surface area contributed by atoms with E-state index in [0.29, 0.717) is 12.0 Å². The standard InChI is InChI=1S/C17H20N4O3/c22-11-15-10-21(20-19-15)16-8-6-14(7-9-16)18-17(23)24-12-13-4-2-1-3-5-13/h1-5,10-11,14,16H,6-9,12H2,(H,18,23). The summed E-state index contributed by atoms with van der Waals surface area (Å²) in [6, 6.07) is 9.93. The summed E-state index contributed by atoms with van der Waals surface area (Å²) >= 11 is 0. The van der Waals surface area contributed by atoms with Crippen LogP contribution in [0.4, 0.5) is 4.79 Å². The van der Waals surface area contributed by atoms with E-state index in [4.69, 9.17) is 4.74 Å². The van der Waals surface area contributed by atoms with E-state index < -0.39 is 0 Å². The molecule has 0 saturated heterocycles. The predicted molar refractivity (Wildman–Crippen MR) is 86.5 cm³/mol. The van der Waals surface area contributed by atoms with Crippen molar-refractivity contribution in [2.24, 2.45) is 0 Å². The maximum absolute atomic E-state index is 11.9. The van der Waals surface area contributed by atoms with Gasteiger partial charge in [-0.15, -0.1) is 5.10 Å². The van der Waals surface area contributed by atoms with Gasteiger partial charge in [0.2, 0.25) is 0 Å². The van der Waals surface area contributed by atoms with Crippen LogP contribution in [0.2, 0.25) is 0 Å². The Kier molecular flexibility index (Phi) is 5.20. The Morgan fingerprint density at radius 2 is 2.00 bits per heavy atom. The molecule has 1 aliphatic carbocycles. The molecule has 24 heavy (non-hydrogen) atoms. The molecule has 0 spiro atoms. The van der Waals surface area contributed by atoms with E-state index >= 15 is 0 Å². The molecule has 3 rings (SSSR count). The first-order valence-electron chi connectivity index (χ1n) is 8.09. The summed E-state index contributed by atoms with van der Waals surface area (Å²) in [5.41, 5.74) is 1.31. The second-order valence-corrected chi connectivity index (χ2v) is 5.95. The van der Waals surface area contributed by atoms with E-state index in [1.165, 1.54) is 0 Å². The molecule has 1 aromatic heterocycles. The quantitative estimate of drug-likeness (QED) is 0.852. The third-order valence-corrected chi connectivity index (χ3v) is 4.25.